The van der Waals surface area contributed by atoms with Crippen molar-refractivity contribution in [1.82, 2.24) is 4.57 Å². The quantitative estimate of drug-likeness (QED) is 0.192. The van der Waals surface area contributed by atoms with Gasteiger partial charge in [-0.1, -0.05) is 129 Å². The average Bonchev–Trinajstić information content (AvgIpc) is 3.38. The smallest absolute Gasteiger partial charge is 0.0541 e. The van der Waals surface area contributed by atoms with Gasteiger partial charge in [-0.3, -0.25) is 0 Å². The number of fused-ring (bicyclic) bond motifs is 5. The Morgan fingerprint density at radius 2 is 0.929 bits per heavy atom. The molecule has 1 aromatic heterocycles. The molecule has 200 valence electrons. The van der Waals surface area contributed by atoms with E-state index in [4.69, 9.17) is 0 Å². The van der Waals surface area contributed by atoms with E-state index >= 15 is 0 Å². The zero-order chi connectivity index (χ0) is 28.0. The summed E-state index contributed by atoms with van der Waals surface area (Å²) in [6.07, 6.45) is 2.26. The molecule has 8 rings (SSSR count). The molecule has 0 N–H and O–H groups in total. The third kappa shape index (κ3) is 3.85. The van der Waals surface area contributed by atoms with Crippen LogP contribution in [0.25, 0.3) is 71.3 Å². The first-order chi connectivity index (χ1) is 20.8. The van der Waals surface area contributed by atoms with Crippen LogP contribution in [-0.4, -0.2) is 4.57 Å². The molecule has 1 heterocycles. The fourth-order valence-corrected chi connectivity index (χ4v) is 6.87. The number of rotatable bonds is 5. The van der Waals surface area contributed by atoms with Gasteiger partial charge in [-0.2, -0.15) is 0 Å². The van der Waals surface area contributed by atoms with Crippen molar-refractivity contribution < 1.29 is 0 Å². The molecule has 0 bridgehead atoms. The van der Waals surface area contributed by atoms with Crippen LogP contribution in [0.3, 0.4) is 0 Å². The van der Waals surface area contributed by atoms with Gasteiger partial charge in [0.2, 0.25) is 0 Å². The second kappa shape index (κ2) is 10.0. The number of hydrogen-bond donors (Lipinski definition) is 0. The Morgan fingerprint density at radius 1 is 0.429 bits per heavy atom. The molecule has 0 unspecified atom stereocenters. The van der Waals surface area contributed by atoms with Gasteiger partial charge in [0.05, 0.1) is 11.0 Å². The average molecular weight is 538 g/mol. The minimum absolute atomic E-state index is 1.11. The summed E-state index contributed by atoms with van der Waals surface area (Å²) in [7, 11) is 0. The van der Waals surface area contributed by atoms with E-state index in [0.717, 1.165) is 12.8 Å². The minimum Gasteiger partial charge on any atom is -0.309 e. The van der Waals surface area contributed by atoms with E-state index in [-0.39, 0.29) is 0 Å². The molecule has 7 aromatic carbocycles. The maximum Gasteiger partial charge on any atom is 0.0541 e. The van der Waals surface area contributed by atoms with E-state index < -0.39 is 0 Å². The van der Waals surface area contributed by atoms with Crippen LogP contribution < -0.4 is 0 Å². The summed E-state index contributed by atoms with van der Waals surface area (Å²) in [6.45, 7) is 2.25. The highest BCUT2D eigenvalue weighted by Crippen LogP contribution is 2.44. The predicted octanol–water partition coefficient (Wildman–Crippen LogP) is 11.4. The van der Waals surface area contributed by atoms with Crippen molar-refractivity contribution in [3.05, 3.63) is 151 Å². The van der Waals surface area contributed by atoms with Crippen LogP contribution in [-0.2, 0) is 6.42 Å². The maximum atomic E-state index is 2.42. The van der Waals surface area contributed by atoms with Gasteiger partial charge >= 0.3 is 0 Å². The summed E-state index contributed by atoms with van der Waals surface area (Å²) in [5.74, 6) is 0. The molecule has 0 atom stereocenters. The second-order valence-corrected chi connectivity index (χ2v) is 11.2. The predicted molar refractivity (Wildman–Crippen MR) is 181 cm³/mol. The molecule has 0 fully saturated rings. The van der Waals surface area contributed by atoms with Crippen molar-refractivity contribution in [1.29, 1.82) is 0 Å². The lowest BCUT2D eigenvalue weighted by molar-refractivity contribution is 0.923. The molecule has 0 aliphatic heterocycles. The van der Waals surface area contributed by atoms with Crippen LogP contribution in [0.1, 0.15) is 18.9 Å². The lowest BCUT2D eigenvalue weighted by Crippen LogP contribution is -1.95. The number of aryl methyl sites for hydroxylation is 1. The Morgan fingerprint density at radius 3 is 1.52 bits per heavy atom. The van der Waals surface area contributed by atoms with Gasteiger partial charge in [0, 0.05) is 16.5 Å². The van der Waals surface area contributed by atoms with Crippen molar-refractivity contribution in [3.63, 3.8) is 0 Å². The molecular weight excluding hydrogens is 506 g/mol. The topological polar surface area (TPSA) is 4.93 Å². The van der Waals surface area contributed by atoms with Crippen molar-refractivity contribution in [2.45, 2.75) is 19.8 Å². The first kappa shape index (κ1) is 24.6. The van der Waals surface area contributed by atoms with Crippen LogP contribution in [0.4, 0.5) is 0 Å². The van der Waals surface area contributed by atoms with E-state index in [9.17, 15) is 0 Å². The van der Waals surface area contributed by atoms with E-state index in [1.165, 1.54) is 76.9 Å². The second-order valence-electron chi connectivity index (χ2n) is 11.2. The number of hydrogen-bond acceptors (Lipinski definition) is 0. The summed E-state index contributed by atoms with van der Waals surface area (Å²) in [6, 6.07) is 53.5. The van der Waals surface area contributed by atoms with E-state index in [0.29, 0.717) is 0 Å². The van der Waals surface area contributed by atoms with Gasteiger partial charge < -0.3 is 4.57 Å². The van der Waals surface area contributed by atoms with Crippen molar-refractivity contribution in [3.8, 4) is 27.9 Å². The fraction of sp³-hybridized carbons (Fsp3) is 0.0732. The molecule has 1 heteroatoms. The molecule has 0 saturated carbocycles. The Bertz CT molecular complexity index is 2180. The van der Waals surface area contributed by atoms with Gasteiger partial charge in [-0.25, -0.2) is 0 Å². The summed E-state index contributed by atoms with van der Waals surface area (Å²) >= 11 is 0. The largest absolute Gasteiger partial charge is 0.309 e. The zero-order valence-electron chi connectivity index (χ0n) is 23.7. The van der Waals surface area contributed by atoms with Crippen LogP contribution >= 0.6 is 0 Å². The van der Waals surface area contributed by atoms with Crippen LogP contribution in [0.15, 0.2) is 146 Å². The van der Waals surface area contributed by atoms with Gasteiger partial charge in [-0.15, -0.1) is 0 Å². The first-order valence-corrected chi connectivity index (χ1v) is 14.9. The Kier molecular flexibility index (Phi) is 5.89. The molecule has 0 amide bonds. The molecule has 0 aliphatic rings. The van der Waals surface area contributed by atoms with E-state index in [1.54, 1.807) is 0 Å². The SMILES string of the molecule is CCCc1ccc2c(c1)c1ccccc1n2-c1ccc(-c2c3ccccc3c(-c3ccccc3)c3ccccc23)cc1. The molecule has 0 radical (unpaired) electrons. The lowest BCUT2D eigenvalue weighted by atomic mass is 9.86. The molecule has 0 saturated heterocycles. The molecular formula is C41H31N. The highest BCUT2D eigenvalue weighted by molar-refractivity contribution is 6.21. The Hall–Kier alpha value is -5.14. The molecule has 8 aromatic rings. The number of benzene rings is 7. The maximum absolute atomic E-state index is 2.42. The minimum atomic E-state index is 1.11. The highest BCUT2D eigenvalue weighted by atomic mass is 15.0. The summed E-state index contributed by atoms with van der Waals surface area (Å²) in [5, 5.41) is 7.77. The van der Waals surface area contributed by atoms with Gasteiger partial charge in [-0.05, 0) is 86.1 Å². The van der Waals surface area contributed by atoms with Crippen molar-refractivity contribution in [2.75, 3.05) is 0 Å². The number of aromatic nitrogens is 1. The van der Waals surface area contributed by atoms with Crippen LogP contribution in [0.5, 0.6) is 0 Å². The molecule has 0 spiro atoms. The number of nitrogens with zero attached hydrogens (tertiary/aromatic N) is 1. The fourth-order valence-electron chi connectivity index (χ4n) is 6.87. The zero-order valence-corrected chi connectivity index (χ0v) is 23.7. The van der Waals surface area contributed by atoms with Gasteiger partial charge in [0.15, 0.2) is 0 Å². The lowest BCUT2D eigenvalue weighted by Gasteiger charge is -2.18. The van der Waals surface area contributed by atoms with Crippen LogP contribution in [0, 0.1) is 0 Å². The summed E-state index contributed by atoms with van der Waals surface area (Å²) < 4.78 is 2.42. The van der Waals surface area contributed by atoms with Crippen molar-refractivity contribution >= 4 is 43.4 Å². The molecule has 1 nitrogen and oxygen atoms in total. The van der Waals surface area contributed by atoms with Crippen molar-refractivity contribution in [2.24, 2.45) is 0 Å². The van der Waals surface area contributed by atoms with Gasteiger partial charge in [0.1, 0.15) is 0 Å². The summed E-state index contributed by atoms with van der Waals surface area (Å²) in [5.41, 5.74) is 10.2. The third-order valence-corrected chi connectivity index (χ3v) is 8.68. The Labute approximate surface area is 246 Å². The normalized spacial score (nSPS) is 11.6. The monoisotopic (exact) mass is 537 g/mol. The van der Waals surface area contributed by atoms with E-state index in [2.05, 4.69) is 157 Å². The first-order valence-electron chi connectivity index (χ1n) is 14.9. The molecule has 42 heavy (non-hydrogen) atoms. The third-order valence-electron chi connectivity index (χ3n) is 8.68. The van der Waals surface area contributed by atoms with E-state index in [1.807, 2.05) is 0 Å². The van der Waals surface area contributed by atoms with Crippen LogP contribution in [0.2, 0.25) is 0 Å². The Balaban J connectivity index is 1.34. The highest BCUT2D eigenvalue weighted by Gasteiger charge is 2.17. The molecule has 0 aliphatic carbocycles. The van der Waals surface area contributed by atoms with Gasteiger partial charge in [0.25, 0.3) is 0 Å². The number of para-hydroxylation sites is 1. The standard InChI is InChI=1S/C41H31N/c1-2-12-28-21-26-39-37(27-28)32-15-10-11-20-38(32)42(39)31-24-22-30(23-25-31)41-35-18-8-6-16-33(35)40(29-13-4-3-5-14-29)34-17-7-9-19-36(34)41/h3-11,13-27H,2,12H2,1H3. The summed E-state index contributed by atoms with van der Waals surface area (Å²) in [4.78, 5) is 0.